The Morgan fingerprint density at radius 1 is 1.12 bits per heavy atom. The highest BCUT2D eigenvalue weighted by Gasteiger charge is 2.28. The third-order valence-corrected chi connectivity index (χ3v) is 4.91. The van der Waals surface area contributed by atoms with Crippen molar-refractivity contribution in [3.63, 3.8) is 0 Å². The quantitative estimate of drug-likeness (QED) is 0.352. The van der Waals surface area contributed by atoms with Crippen molar-refractivity contribution in [2.24, 2.45) is 0 Å². The van der Waals surface area contributed by atoms with Gasteiger partial charge in [-0.2, -0.15) is 0 Å². The fourth-order valence-corrected chi connectivity index (χ4v) is 3.19. The van der Waals surface area contributed by atoms with Gasteiger partial charge in [-0.1, -0.05) is 36.4 Å². The van der Waals surface area contributed by atoms with Crippen molar-refractivity contribution < 1.29 is 33.3 Å². The standard InChI is InChI=1S/C23H32N2O7/c1-3-4-11-18(25-23(28)32-16-17-9-6-5-7-10-17)21(26)24-19(22(27)29-2)12-8-13-20-30-14-15-31-20/h3,5-7,9-10,18-20H,1,4,8,11-16H2,2H3,(H,24,26)(H,25,28)/t18-,19-/m0/s1. The average molecular weight is 449 g/mol. The fourth-order valence-electron chi connectivity index (χ4n) is 3.19. The van der Waals surface area contributed by atoms with Crippen LogP contribution in [-0.4, -0.2) is 56.7 Å². The topological polar surface area (TPSA) is 112 Å². The maximum atomic E-state index is 12.8. The summed E-state index contributed by atoms with van der Waals surface area (Å²) in [7, 11) is 1.26. The van der Waals surface area contributed by atoms with Gasteiger partial charge in [-0.3, -0.25) is 4.79 Å². The van der Waals surface area contributed by atoms with Gasteiger partial charge in [0.1, 0.15) is 18.7 Å². The number of carbonyl (C=O) groups is 3. The molecule has 2 N–H and O–H groups in total. The summed E-state index contributed by atoms with van der Waals surface area (Å²) in [6, 6.07) is 7.48. The molecule has 2 atom stereocenters. The molecule has 0 spiro atoms. The zero-order chi connectivity index (χ0) is 23.2. The number of nitrogens with one attached hydrogen (secondary N) is 2. The van der Waals surface area contributed by atoms with Crippen LogP contribution in [0.5, 0.6) is 0 Å². The molecule has 2 amide bonds. The minimum Gasteiger partial charge on any atom is -0.467 e. The lowest BCUT2D eigenvalue weighted by atomic mass is 10.1. The lowest BCUT2D eigenvalue weighted by Gasteiger charge is -2.22. The van der Waals surface area contributed by atoms with Crippen molar-refractivity contribution in [2.75, 3.05) is 20.3 Å². The molecule has 0 saturated carbocycles. The van der Waals surface area contributed by atoms with E-state index in [4.69, 9.17) is 18.9 Å². The van der Waals surface area contributed by atoms with E-state index in [-0.39, 0.29) is 12.9 Å². The van der Waals surface area contributed by atoms with Crippen LogP contribution < -0.4 is 10.6 Å². The molecule has 2 rings (SSSR count). The summed E-state index contributed by atoms with van der Waals surface area (Å²) in [6.45, 7) is 4.85. The Hall–Kier alpha value is -2.91. The molecule has 0 unspecified atom stereocenters. The molecule has 1 aromatic carbocycles. The monoisotopic (exact) mass is 448 g/mol. The second-order valence-corrected chi connectivity index (χ2v) is 7.31. The van der Waals surface area contributed by atoms with E-state index in [1.54, 1.807) is 6.08 Å². The van der Waals surface area contributed by atoms with Gasteiger partial charge in [0, 0.05) is 0 Å². The smallest absolute Gasteiger partial charge is 0.408 e. The first-order valence-electron chi connectivity index (χ1n) is 10.7. The Labute approximate surface area is 188 Å². The van der Waals surface area contributed by atoms with Gasteiger partial charge in [0.15, 0.2) is 6.29 Å². The van der Waals surface area contributed by atoms with Crippen LogP contribution in [0.3, 0.4) is 0 Å². The molecule has 9 nitrogen and oxygen atoms in total. The van der Waals surface area contributed by atoms with E-state index in [0.717, 1.165) is 5.56 Å². The van der Waals surface area contributed by atoms with Gasteiger partial charge in [-0.05, 0) is 37.7 Å². The molecular weight excluding hydrogens is 416 g/mol. The molecule has 0 radical (unpaired) electrons. The van der Waals surface area contributed by atoms with Crippen LogP contribution in [0.15, 0.2) is 43.0 Å². The zero-order valence-electron chi connectivity index (χ0n) is 18.4. The largest absolute Gasteiger partial charge is 0.467 e. The highest BCUT2D eigenvalue weighted by Crippen LogP contribution is 2.13. The summed E-state index contributed by atoms with van der Waals surface area (Å²) in [5.41, 5.74) is 0.829. The summed E-state index contributed by atoms with van der Waals surface area (Å²) in [5, 5.41) is 5.25. The van der Waals surface area contributed by atoms with E-state index in [2.05, 4.69) is 17.2 Å². The minimum absolute atomic E-state index is 0.0819. The van der Waals surface area contributed by atoms with Crippen LogP contribution in [0.1, 0.15) is 37.7 Å². The SMILES string of the molecule is C=CCC[C@H](NC(=O)OCc1ccccc1)C(=O)N[C@@H](CCCC1OCCO1)C(=O)OC. The molecule has 1 heterocycles. The second-order valence-electron chi connectivity index (χ2n) is 7.31. The molecule has 1 aliphatic heterocycles. The molecule has 176 valence electrons. The zero-order valence-corrected chi connectivity index (χ0v) is 18.4. The number of hydrogen-bond donors (Lipinski definition) is 2. The van der Waals surface area contributed by atoms with E-state index in [1.165, 1.54) is 7.11 Å². The Bertz CT molecular complexity index is 735. The normalized spacial score (nSPS) is 15.4. The number of benzene rings is 1. The summed E-state index contributed by atoms with van der Waals surface area (Å²) < 4.78 is 20.8. The van der Waals surface area contributed by atoms with Gasteiger partial charge in [-0.15, -0.1) is 6.58 Å². The lowest BCUT2D eigenvalue weighted by Crippen LogP contribution is -2.51. The van der Waals surface area contributed by atoms with Crippen molar-refractivity contribution in [1.29, 1.82) is 0 Å². The van der Waals surface area contributed by atoms with Gasteiger partial charge in [0.25, 0.3) is 0 Å². The Morgan fingerprint density at radius 3 is 2.50 bits per heavy atom. The fraction of sp³-hybridized carbons (Fsp3) is 0.522. The Morgan fingerprint density at radius 2 is 1.84 bits per heavy atom. The minimum atomic E-state index is -0.884. The molecule has 0 aromatic heterocycles. The molecule has 1 aromatic rings. The van der Waals surface area contributed by atoms with Gasteiger partial charge < -0.3 is 29.6 Å². The van der Waals surface area contributed by atoms with Crippen LogP contribution in [-0.2, 0) is 35.1 Å². The molecule has 32 heavy (non-hydrogen) atoms. The van der Waals surface area contributed by atoms with Gasteiger partial charge in [0.05, 0.1) is 20.3 Å². The van der Waals surface area contributed by atoms with E-state index in [9.17, 15) is 14.4 Å². The van der Waals surface area contributed by atoms with Crippen molar-refractivity contribution in [1.82, 2.24) is 10.6 Å². The van der Waals surface area contributed by atoms with Crippen LogP contribution in [0.2, 0.25) is 0 Å². The number of rotatable bonds is 13. The molecule has 1 aliphatic rings. The Kier molecular flexibility index (Phi) is 11.3. The van der Waals surface area contributed by atoms with Gasteiger partial charge >= 0.3 is 12.1 Å². The van der Waals surface area contributed by atoms with Crippen LogP contribution in [0.4, 0.5) is 4.79 Å². The number of esters is 1. The van der Waals surface area contributed by atoms with Crippen molar-refractivity contribution in [3.05, 3.63) is 48.6 Å². The lowest BCUT2D eigenvalue weighted by molar-refractivity contribution is -0.145. The molecular formula is C23H32N2O7. The summed E-state index contributed by atoms with van der Waals surface area (Å²) >= 11 is 0. The molecule has 9 heteroatoms. The number of methoxy groups -OCH3 is 1. The molecule has 1 saturated heterocycles. The van der Waals surface area contributed by atoms with E-state index >= 15 is 0 Å². The highest BCUT2D eigenvalue weighted by molar-refractivity contribution is 5.89. The first kappa shape index (κ1) is 25.4. The summed E-state index contributed by atoms with van der Waals surface area (Å²) in [6.07, 6.45) is 3.00. The number of hydrogen-bond acceptors (Lipinski definition) is 7. The van der Waals surface area contributed by atoms with Crippen molar-refractivity contribution in [2.45, 2.75) is 57.1 Å². The third kappa shape index (κ3) is 9.07. The van der Waals surface area contributed by atoms with Crippen molar-refractivity contribution in [3.8, 4) is 0 Å². The average Bonchev–Trinajstić information content (AvgIpc) is 3.33. The highest BCUT2D eigenvalue weighted by atomic mass is 16.7. The van der Waals surface area contributed by atoms with Gasteiger partial charge in [0.2, 0.25) is 5.91 Å². The van der Waals surface area contributed by atoms with Crippen LogP contribution in [0, 0.1) is 0 Å². The number of alkyl carbamates (subject to hydrolysis) is 1. The Balaban J connectivity index is 1.89. The first-order valence-corrected chi connectivity index (χ1v) is 10.7. The maximum Gasteiger partial charge on any atom is 0.408 e. The summed E-state index contributed by atoms with van der Waals surface area (Å²) in [5.74, 6) is -1.05. The third-order valence-electron chi connectivity index (χ3n) is 4.91. The second kappa shape index (κ2) is 14.2. The van der Waals surface area contributed by atoms with Gasteiger partial charge in [-0.25, -0.2) is 9.59 Å². The van der Waals surface area contributed by atoms with Crippen LogP contribution in [0.25, 0.3) is 0 Å². The number of ether oxygens (including phenoxy) is 4. The van der Waals surface area contributed by atoms with E-state index < -0.39 is 30.1 Å². The number of carbonyl (C=O) groups excluding carboxylic acids is 3. The predicted molar refractivity (Wildman–Crippen MR) is 116 cm³/mol. The number of allylic oxidation sites excluding steroid dienone is 1. The predicted octanol–water partition coefficient (Wildman–Crippen LogP) is 2.45. The van der Waals surface area contributed by atoms with Crippen LogP contribution >= 0.6 is 0 Å². The van der Waals surface area contributed by atoms with E-state index in [0.29, 0.717) is 45.3 Å². The molecule has 1 fully saturated rings. The van der Waals surface area contributed by atoms with E-state index in [1.807, 2.05) is 30.3 Å². The summed E-state index contributed by atoms with van der Waals surface area (Å²) in [4.78, 5) is 37.2. The molecule has 0 bridgehead atoms. The number of amides is 2. The van der Waals surface area contributed by atoms with Crippen molar-refractivity contribution >= 4 is 18.0 Å². The first-order chi connectivity index (χ1) is 15.5. The maximum absolute atomic E-state index is 12.8. The molecule has 0 aliphatic carbocycles.